The predicted molar refractivity (Wildman–Crippen MR) is 108 cm³/mol. The number of fused-ring (bicyclic) bond motifs is 2. The molecule has 4 rings (SSSR count). The largest absolute Gasteiger partial charge is 0.392 e. The molecule has 1 aromatic carbocycles. The van der Waals surface area contributed by atoms with Crippen LogP contribution in [-0.2, 0) is 0 Å². The third-order valence-corrected chi connectivity index (χ3v) is 5.04. The van der Waals surface area contributed by atoms with Gasteiger partial charge in [-0.05, 0) is 41.0 Å². The minimum absolute atomic E-state index is 0.0150. The van der Waals surface area contributed by atoms with E-state index in [2.05, 4.69) is 16.3 Å². The number of piperazine rings is 1. The van der Waals surface area contributed by atoms with E-state index < -0.39 is 0 Å². The van der Waals surface area contributed by atoms with E-state index in [-0.39, 0.29) is 12.6 Å². The van der Waals surface area contributed by atoms with Gasteiger partial charge in [-0.3, -0.25) is 9.88 Å². The number of nitrogens with one attached hydrogen (secondary N) is 1. The van der Waals surface area contributed by atoms with Crippen LogP contribution in [0.5, 0.6) is 0 Å². The lowest BCUT2D eigenvalue weighted by atomic mass is 9.95. The molecule has 1 fully saturated rings. The van der Waals surface area contributed by atoms with Gasteiger partial charge in [-0.25, -0.2) is 0 Å². The van der Waals surface area contributed by atoms with Gasteiger partial charge >= 0.3 is 0 Å². The number of pyridine rings is 1. The zero-order valence-electron chi connectivity index (χ0n) is 15.4. The second-order valence-corrected chi connectivity index (χ2v) is 6.66. The molecular weight excluding hydrogens is 346 g/mol. The Bertz CT molecular complexity index is 785. The molecule has 0 radical (unpaired) electrons. The van der Waals surface area contributed by atoms with Gasteiger partial charge in [0.2, 0.25) is 0 Å². The predicted octanol–water partition coefficient (Wildman–Crippen LogP) is 3.60. The topological polar surface area (TPSA) is 48.4 Å². The molecule has 2 N–H and O–H groups in total. The number of aromatic nitrogens is 1. The van der Waals surface area contributed by atoms with Crippen molar-refractivity contribution < 1.29 is 5.11 Å². The fourth-order valence-corrected chi connectivity index (χ4v) is 3.86. The maximum atomic E-state index is 9.90. The van der Waals surface area contributed by atoms with Crippen LogP contribution in [0.15, 0.2) is 36.5 Å². The van der Waals surface area contributed by atoms with Crippen LogP contribution in [-0.4, -0.2) is 47.8 Å². The van der Waals surface area contributed by atoms with Crippen molar-refractivity contribution in [2.45, 2.75) is 19.9 Å². The summed E-state index contributed by atoms with van der Waals surface area (Å²) in [5, 5.41) is 14.0. The Hall–Kier alpha value is -1.72. The van der Waals surface area contributed by atoms with Crippen LogP contribution in [0.4, 0.5) is 0 Å². The highest BCUT2D eigenvalue weighted by Gasteiger charge is 2.31. The molecule has 1 aliphatic heterocycles. The van der Waals surface area contributed by atoms with E-state index in [0.29, 0.717) is 5.02 Å². The van der Waals surface area contributed by atoms with Crippen LogP contribution < -0.4 is 5.32 Å². The molecule has 1 unspecified atom stereocenters. The van der Waals surface area contributed by atoms with Gasteiger partial charge in [0, 0.05) is 43.0 Å². The van der Waals surface area contributed by atoms with Crippen molar-refractivity contribution in [1.29, 1.82) is 0 Å². The number of hydrogen-bond acceptors (Lipinski definition) is 4. The molecule has 0 spiro atoms. The third kappa shape index (κ3) is 3.69. The number of aliphatic hydroxyl groups excluding tert-OH is 1. The van der Waals surface area contributed by atoms with Gasteiger partial charge < -0.3 is 10.4 Å². The highest BCUT2D eigenvalue weighted by molar-refractivity contribution is 6.30. The SMILES string of the molecule is CC.OCC1=Cc2cc(Cl)ccc2C(N2CCNCC2)c2ncccc21. The van der Waals surface area contributed by atoms with Gasteiger partial charge in [0.05, 0.1) is 18.3 Å². The maximum absolute atomic E-state index is 9.90. The van der Waals surface area contributed by atoms with Crippen molar-refractivity contribution >= 4 is 23.3 Å². The van der Waals surface area contributed by atoms with Crippen LogP contribution in [0, 0.1) is 0 Å². The Labute approximate surface area is 160 Å². The van der Waals surface area contributed by atoms with Crippen molar-refractivity contribution in [3.8, 4) is 0 Å². The van der Waals surface area contributed by atoms with Crippen LogP contribution in [0.1, 0.15) is 42.3 Å². The van der Waals surface area contributed by atoms with Crippen molar-refractivity contribution in [3.05, 3.63) is 63.9 Å². The second kappa shape index (κ2) is 8.78. The second-order valence-electron chi connectivity index (χ2n) is 6.23. The van der Waals surface area contributed by atoms with Crippen LogP contribution in [0.25, 0.3) is 11.6 Å². The van der Waals surface area contributed by atoms with Crippen molar-refractivity contribution in [3.63, 3.8) is 0 Å². The molecule has 0 amide bonds. The molecule has 138 valence electrons. The molecular formula is C21H26ClN3O. The van der Waals surface area contributed by atoms with Gasteiger partial charge in [0.15, 0.2) is 0 Å². The summed E-state index contributed by atoms with van der Waals surface area (Å²) >= 11 is 6.23. The Balaban J connectivity index is 0.000000948. The summed E-state index contributed by atoms with van der Waals surface area (Å²) in [7, 11) is 0. The average molecular weight is 372 g/mol. The maximum Gasteiger partial charge on any atom is 0.0789 e. The normalized spacial score (nSPS) is 19.4. The van der Waals surface area contributed by atoms with Gasteiger partial charge in [-0.2, -0.15) is 0 Å². The number of benzene rings is 1. The van der Waals surface area contributed by atoms with Gasteiger partial charge in [0.1, 0.15) is 0 Å². The standard InChI is InChI=1S/C19H20ClN3O.C2H6/c20-15-3-4-17-13(11-15)10-14(12-24)16-2-1-5-22-18(16)19(17)23-8-6-21-7-9-23;1-2/h1-5,10-11,19,21,24H,6-9,12H2;1-2H3. The quantitative estimate of drug-likeness (QED) is 0.846. The lowest BCUT2D eigenvalue weighted by Gasteiger charge is -2.35. The molecule has 2 heterocycles. The minimum atomic E-state index is -0.0150. The van der Waals surface area contributed by atoms with Gasteiger partial charge in [0.25, 0.3) is 0 Å². The number of aliphatic hydroxyl groups is 1. The number of rotatable bonds is 2. The molecule has 5 heteroatoms. The van der Waals surface area contributed by atoms with E-state index in [1.807, 2.05) is 50.4 Å². The summed E-state index contributed by atoms with van der Waals surface area (Å²) < 4.78 is 0. The Morgan fingerprint density at radius 2 is 2.00 bits per heavy atom. The highest BCUT2D eigenvalue weighted by atomic mass is 35.5. The van der Waals surface area contributed by atoms with Crippen molar-refractivity contribution in [2.24, 2.45) is 0 Å². The fourth-order valence-electron chi connectivity index (χ4n) is 3.68. The zero-order chi connectivity index (χ0) is 18.5. The summed E-state index contributed by atoms with van der Waals surface area (Å²) in [6, 6.07) is 10.1. The summed E-state index contributed by atoms with van der Waals surface area (Å²) in [5.41, 5.74) is 5.19. The lowest BCUT2D eigenvalue weighted by Crippen LogP contribution is -2.45. The number of halogens is 1. The first-order chi connectivity index (χ1) is 12.8. The summed E-state index contributed by atoms with van der Waals surface area (Å²) in [6.45, 7) is 7.87. The van der Waals surface area contributed by atoms with E-state index in [1.54, 1.807) is 0 Å². The van der Waals surface area contributed by atoms with Crippen LogP contribution >= 0.6 is 11.6 Å². The van der Waals surface area contributed by atoms with Crippen molar-refractivity contribution in [1.82, 2.24) is 15.2 Å². The molecule has 1 aromatic heterocycles. The molecule has 1 saturated heterocycles. The van der Waals surface area contributed by atoms with E-state index in [4.69, 9.17) is 16.6 Å². The number of nitrogens with zero attached hydrogens (tertiary/aromatic N) is 2. The van der Waals surface area contributed by atoms with E-state index >= 15 is 0 Å². The van der Waals surface area contributed by atoms with E-state index in [9.17, 15) is 5.11 Å². The van der Waals surface area contributed by atoms with Crippen LogP contribution in [0.2, 0.25) is 5.02 Å². The third-order valence-electron chi connectivity index (χ3n) is 4.80. The molecule has 2 aliphatic rings. The molecule has 1 atom stereocenters. The minimum Gasteiger partial charge on any atom is -0.392 e. The zero-order valence-corrected chi connectivity index (χ0v) is 16.1. The first-order valence-electron chi connectivity index (χ1n) is 9.29. The highest BCUT2D eigenvalue weighted by Crippen LogP contribution is 2.39. The smallest absolute Gasteiger partial charge is 0.0789 e. The molecule has 26 heavy (non-hydrogen) atoms. The lowest BCUT2D eigenvalue weighted by molar-refractivity contribution is 0.195. The first kappa shape index (κ1) is 19.1. The molecule has 4 nitrogen and oxygen atoms in total. The Morgan fingerprint density at radius 3 is 2.73 bits per heavy atom. The van der Waals surface area contributed by atoms with E-state index in [0.717, 1.165) is 48.6 Å². The molecule has 2 aromatic rings. The Kier molecular flexibility index (Phi) is 6.43. The molecule has 0 saturated carbocycles. The average Bonchev–Trinajstić information content (AvgIpc) is 2.84. The van der Waals surface area contributed by atoms with E-state index in [1.165, 1.54) is 5.56 Å². The summed E-state index contributed by atoms with van der Waals surface area (Å²) in [5.74, 6) is 0. The number of hydrogen-bond donors (Lipinski definition) is 2. The molecule has 0 bridgehead atoms. The summed E-state index contributed by atoms with van der Waals surface area (Å²) in [6.07, 6.45) is 3.88. The Morgan fingerprint density at radius 1 is 1.23 bits per heavy atom. The fraction of sp³-hybridized carbons (Fsp3) is 0.381. The monoisotopic (exact) mass is 371 g/mol. The van der Waals surface area contributed by atoms with Crippen molar-refractivity contribution in [2.75, 3.05) is 32.8 Å². The van der Waals surface area contributed by atoms with Gasteiger partial charge in [-0.15, -0.1) is 0 Å². The van der Waals surface area contributed by atoms with Crippen LogP contribution in [0.3, 0.4) is 0 Å². The molecule has 1 aliphatic carbocycles. The van der Waals surface area contributed by atoms with Gasteiger partial charge in [-0.1, -0.05) is 37.6 Å². The summed E-state index contributed by atoms with van der Waals surface area (Å²) in [4.78, 5) is 7.17. The first-order valence-corrected chi connectivity index (χ1v) is 9.66.